The zero-order chi connectivity index (χ0) is 15.0. The van der Waals surface area contributed by atoms with Crippen molar-refractivity contribution in [1.29, 1.82) is 0 Å². The molecule has 0 aliphatic heterocycles. The number of aromatic nitrogens is 1. The fourth-order valence-electron chi connectivity index (χ4n) is 1.92. The van der Waals surface area contributed by atoms with E-state index in [1.54, 1.807) is 0 Å². The summed E-state index contributed by atoms with van der Waals surface area (Å²) in [6.45, 7) is 6.54. The maximum atomic E-state index is 12.5. The fraction of sp³-hybridized carbons (Fsp3) is 0.533. The molecule has 0 aliphatic carbocycles. The highest BCUT2D eigenvalue weighted by Gasteiger charge is 2.30. The van der Waals surface area contributed by atoms with E-state index in [0.29, 0.717) is 5.69 Å². The van der Waals surface area contributed by atoms with Crippen molar-refractivity contribution in [3.8, 4) is 0 Å². The number of pyridine rings is 1. The second-order valence-electron chi connectivity index (χ2n) is 4.70. The Bertz CT molecular complexity index is 399. The summed E-state index contributed by atoms with van der Waals surface area (Å²) in [5, 5.41) is 3.32. The van der Waals surface area contributed by atoms with Crippen molar-refractivity contribution in [2.75, 3.05) is 6.54 Å². The van der Waals surface area contributed by atoms with Crippen molar-refractivity contribution in [2.24, 2.45) is 0 Å². The van der Waals surface area contributed by atoms with Gasteiger partial charge in [0.05, 0.1) is 11.3 Å². The average molecular weight is 286 g/mol. The first-order chi connectivity index (χ1) is 9.49. The lowest BCUT2D eigenvalue weighted by Gasteiger charge is -2.18. The van der Waals surface area contributed by atoms with Gasteiger partial charge in [-0.3, -0.25) is 4.98 Å². The van der Waals surface area contributed by atoms with Crippen LogP contribution >= 0.6 is 0 Å². The van der Waals surface area contributed by atoms with Crippen molar-refractivity contribution in [3.05, 3.63) is 42.2 Å². The summed E-state index contributed by atoms with van der Waals surface area (Å²) < 4.78 is 37.5. The number of hydrogen-bond acceptors (Lipinski definition) is 2. The fourth-order valence-corrected chi connectivity index (χ4v) is 1.92. The number of unbranched alkanes of at least 4 members (excludes halogenated alkanes) is 1. The van der Waals surface area contributed by atoms with E-state index < -0.39 is 11.7 Å². The van der Waals surface area contributed by atoms with Gasteiger partial charge in [0.15, 0.2) is 0 Å². The molecule has 20 heavy (non-hydrogen) atoms. The van der Waals surface area contributed by atoms with Crippen LogP contribution in [0.25, 0.3) is 0 Å². The molecule has 0 amide bonds. The number of allylic oxidation sites excluding steroid dienone is 1. The van der Waals surface area contributed by atoms with E-state index in [2.05, 4.69) is 16.9 Å². The van der Waals surface area contributed by atoms with E-state index in [0.717, 1.165) is 44.5 Å². The van der Waals surface area contributed by atoms with Crippen LogP contribution in [0.2, 0.25) is 0 Å². The van der Waals surface area contributed by atoms with Gasteiger partial charge in [-0.2, -0.15) is 13.2 Å². The molecular formula is C15H21F3N2. The molecule has 1 N–H and O–H groups in total. The van der Waals surface area contributed by atoms with Gasteiger partial charge in [0.1, 0.15) is 0 Å². The van der Waals surface area contributed by atoms with Crippen LogP contribution in [0.4, 0.5) is 13.2 Å². The van der Waals surface area contributed by atoms with Crippen molar-refractivity contribution >= 4 is 0 Å². The Kier molecular flexibility index (Phi) is 6.71. The molecule has 0 aromatic carbocycles. The van der Waals surface area contributed by atoms with E-state index in [1.807, 2.05) is 13.0 Å². The van der Waals surface area contributed by atoms with Crippen molar-refractivity contribution in [2.45, 2.75) is 44.8 Å². The molecule has 0 spiro atoms. The third-order valence-corrected chi connectivity index (χ3v) is 3.01. The minimum absolute atomic E-state index is 0.00261. The Morgan fingerprint density at radius 3 is 2.65 bits per heavy atom. The van der Waals surface area contributed by atoms with Gasteiger partial charge in [-0.05, 0) is 44.4 Å². The lowest BCUT2D eigenvalue weighted by Crippen LogP contribution is -2.23. The smallest absolute Gasteiger partial charge is 0.309 e. The van der Waals surface area contributed by atoms with Gasteiger partial charge in [-0.25, -0.2) is 0 Å². The largest absolute Gasteiger partial charge is 0.417 e. The highest BCUT2D eigenvalue weighted by Crippen LogP contribution is 2.29. The predicted molar refractivity (Wildman–Crippen MR) is 74.3 cm³/mol. The van der Waals surface area contributed by atoms with Crippen LogP contribution in [0.5, 0.6) is 0 Å². The topological polar surface area (TPSA) is 24.9 Å². The molecule has 5 heteroatoms. The molecular weight excluding hydrogens is 265 g/mol. The Labute approximate surface area is 118 Å². The third-order valence-electron chi connectivity index (χ3n) is 3.01. The van der Waals surface area contributed by atoms with Crippen LogP contribution in [0, 0.1) is 0 Å². The number of rotatable bonds is 8. The maximum absolute atomic E-state index is 12.5. The van der Waals surface area contributed by atoms with Gasteiger partial charge in [0.2, 0.25) is 0 Å². The van der Waals surface area contributed by atoms with Crippen molar-refractivity contribution < 1.29 is 13.2 Å². The predicted octanol–water partition coefficient (Wildman–Crippen LogP) is 4.50. The molecule has 2 nitrogen and oxygen atoms in total. The third kappa shape index (κ3) is 5.33. The zero-order valence-electron chi connectivity index (χ0n) is 11.7. The summed E-state index contributed by atoms with van der Waals surface area (Å²) in [7, 11) is 0. The van der Waals surface area contributed by atoms with Crippen LogP contribution < -0.4 is 5.32 Å². The van der Waals surface area contributed by atoms with Gasteiger partial charge in [0, 0.05) is 12.2 Å². The monoisotopic (exact) mass is 286 g/mol. The van der Waals surface area contributed by atoms with Gasteiger partial charge < -0.3 is 5.32 Å². The summed E-state index contributed by atoms with van der Waals surface area (Å²) in [5.74, 6) is 0. The van der Waals surface area contributed by atoms with E-state index in [-0.39, 0.29) is 6.04 Å². The Hall–Kier alpha value is -1.36. The summed E-state index contributed by atoms with van der Waals surface area (Å²) in [6, 6.07) is 2.55. The van der Waals surface area contributed by atoms with Crippen molar-refractivity contribution in [3.63, 3.8) is 0 Å². The van der Waals surface area contributed by atoms with E-state index in [9.17, 15) is 13.2 Å². The minimum Gasteiger partial charge on any atom is -0.309 e. The molecule has 0 bridgehead atoms. The lowest BCUT2D eigenvalue weighted by molar-refractivity contribution is -0.137. The Morgan fingerprint density at radius 2 is 2.15 bits per heavy atom. The minimum atomic E-state index is -4.33. The Morgan fingerprint density at radius 1 is 1.40 bits per heavy atom. The van der Waals surface area contributed by atoms with Crippen molar-refractivity contribution in [1.82, 2.24) is 10.3 Å². The molecule has 0 aliphatic rings. The summed E-state index contributed by atoms with van der Waals surface area (Å²) in [6.07, 6.45) is 2.06. The SMILES string of the molecule is C=CCCCC(NCCC)c1ccc(C(F)(F)F)cn1. The second kappa shape index (κ2) is 8.04. The summed E-state index contributed by atoms with van der Waals surface area (Å²) in [4.78, 5) is 3.97. The molecule has 1 heterocycles. The van der Waals surface area contributed by atoms with E-state index >= 15 is 0 Å². The van der Waals surface area contributed by atoms with E-state index in [1.165, 1.54) is 6.07 Å². The molecule has 1 aromatic heterocycles. The standard InChI is InChI=1S/C15H21F3N2/c1-3-5-6-7-13(19-10-4-2)14-9-8-12(11-20-14)15(16,17)18/h3,8-9,11,13,19H,1,4-7,10H2,2H3. The molecule has 112 valence electrons. The average Bonchev–Trinajstić information content (AvgIpc) is 2.42. The molecule has 1 unspecified atom stereocenters. The highest BCUT2D eigenvalue weighted by molar-refractivity contribution is 5.19. The van der Waals surface area contributed by atoms with Gasteiger partial charge in [-0.15, -0.1) is 6.58 Å². The van der Waals surface area contributed by atoms with Gasteiger partial charge in [0.25, 0.3) is 0 Å². The molecule has 1 atom stereocenters. The first-order valence-electron chi connectivity index (χ1n) is 6.86. The van der Waals surface area contributed by atoms with Crippen LogP contribution in [-0.2, 0) is 6.18 Å². The van der Waals surface area contributed by atoms with Crippen LogP contribution in [0.1, 0.15) is 49.9 Å². The maximum Gasteiger partial charge on any atom is 0.417 e. The quantitative estimate of drug-likeness (QED) is 0.562. The normalized spacial score (nSPS) is 13.2. The molecule has 0 saturated carbocycles. The molecule has 0 fully saturated rings. The first-order valence-corrected chi connectivity index (χ1v) is 6.86. The van der Waals surface area contributed by atoms with E-state index in [4.69, 9.17) is 0 Å². The number of hydrogen-bond donors (Lipinski definition) is 1. The first kappa shape index (κ1) is 16.7. The summed E-state index contributed by atoms with van der Waals surface area (Å²) >= 11 is 0. The Balaban J connectivity index is 2.76. The van der Waals surface area contributed by atoms with Gasteiger partial charge >= 0.3 is 6.18 Å². The molecule has 1 rings (SSSR count). The zero-order valence-corrected chi connectivity index (χ0v) is 11.7. The van der Waals surface area contributed by atoms with Crippen LogP contribution in [0.3, 0.4) is 0 Å². The molecule has 0 saturated heterocycles. The molecule has 1 aromatic rings. The number of nitrogens with zero attached hydrogens (tertiary/aromatic N) is 1. The highest BCUT2D eigenvalue weighted by atomic mass is 19.4. The second-order valence-corrected chi connectivity index (χ2v) is 4.70. The van der Waals surface area contributed by atoms with Crippen LogP contribution in [0.15, 0.2) is 31.0 Å². The number of nitrogens with one attached hydrogen (secondary N) is 1. The van der Waals surface area contributed by atoms with Gasteiger partial charge in [-0.1, -0.05) is 13.0 Å². The number of alkyl halides is 3. The number of halogens is 3. The molecule has 0 radical (unpaired) electrons. The summed E-state index contributed by atoms with van der Waals surface area (Å²) in [5.41, 5.74) is -0.0444. The lowest BCUT2D eigenvalue weighted by atomic mass is 10.0. The van der Waals surface area contributed by atoms with Crippen LogP contribution in [-0.4, -0.2) is 11.5 Å².